The average Bonchev–Trinajstić information content (AvgIpc) is 3.00. The van der Waals surface area contributed by atoms with Crippen LogP contribution in [0.15, 0.2) is 91.0 Å². The van der Waals surface area contributed by atoms with Crippen molar-refractivity contribution in [3.05, 3.63) is 113 Å². The van der Waals surface area contributed by atoms with Gasteiger partial charge in [-0.15, -0.1) is 0 Å². The normalized spacial score (nSPS) is 12.0. The lowest BCUT2D eigenvalue weighted by Crippen LogP contribution is -2.51. The summed E-state index contributed by atoms with van der Waals surface area (Å²) in [4.78, 5) is 21.6. The Morgan fingerprint density at radius 1 is 0.902 bits per heavy atom. The number of carboxylic acids is 1. The Balaban J connectivity index is 1.71. The van der Waals surface area contributed by atoms with Gasteiger partial charge in [-0.3, -0.25) is 0 Å². The van der Waals surface area contributed by atoms with Crippen molar-refractivity contribution in [3.8, 4) is 17.6 Å². The Labute approximate surface area is 240 Å². The van der Waals surface area contributed by atoms with Gasteiger partial charge in [-0.05, 0) is 48.6 Å². The monoisotopic (exact) mass is 556 g/mol. The zero-order valence-corrected chi connectivity index (χ0v) is 23.7. The molecule has 0 spiro atoms. The van der Waals surface area contributed by atoms with E-state index in [1.54, 1.807) is 13.0 Å². The van der Waals surface area contributed by atoms with E-state index in [2.05, 4.69) is 16.9 Å². The summed E-state index contributed by atoms with van der Waals surface area (Å²) in [5, 5.41) is 10.6. The van der Waals surface area contributed by atoms with Crippen LogP contribution in [0, 0.1) is 6.92 Å². The van der Waals surface area contributed by atoms with Gasteiger partial charge in [0.05, 0.1) is 20.3 Å². The lowest BCUT2D eigenvalue weighted by molar-refractivity contribution is -0.164. The molecule has 8 nitrogen and oxygen atoms in total. The second kappa shape index (κ2) is 14.3. The van der Waals surface area contributed by atoms with E-state index in [0.717, 1.165) is 24.2 Å². The molecule has 1 unspecified atom stereocenters. The highest BCUT2D eigenvalue weighted by atomic mass is 16.6. The molecule has 0 saturated carbocycles. The number of hydrogen-bond acceptors (Lipinski definition) is 7. The molecular formula is C33H36N2O6. The fourth-order valence-electron chi connectivity index (χ4n) is 4.58. The molecule has 3 aromatic carbocycles. The minimum absolute atomic E-state index is 0.118. The topological polar surface area (TPSA) is 100 Å². The lowest BCUT2D eigenvalue weighted by atomic mass is 9.81. The number of ether oxygens (including phenoxy) is 4. The first-order valence-corrected chi connectivity index (χ1v) is 13.7. The highest BCUT2D eigenvalue weighted by Crippen LogP contribution is 2.39. The van der Waals surface area contributed by atoms with Gasteiger partial charge in [0.15, 0.2) is 5.60 Å². The fourth-order valence-corrected chi connectivity index (χ4v) is 4.58. The van der Waals surface area contributed by atoms with E-state index in [0.29, 0.717) is 29.8 Å². The van der Waals surface area contributed by atoms with E-state index in [9.17, 15) is 9.90 Å². The number of aromatic nitrogens is 2. The highest BCUT2D eigenvalue weighted by molar-refractivity contribution is 5.76. The first-order chi connectivity index (χ1) is 20.0. The highest BCUT2D eigenvalue weighted by Gasteiger charge is 2.50. The number of benzene rings is 3. The number of aliphatic carboxylic acids is 1. The maximum absolute atomic E-state index is 13.0. The summed E-state index contributed by atoms with van der Waals surface area (Å²) in [5.74, 6) is -0.140. The zero-order chi connectivity index (χ0) is 29.1. The largest absolute Gasteiger partial charge is 0.494 e. The summed E-state index contributed by atoms with van der Waals surface area (Å²) in [5.41, 5.74) is 1.32. The van der Waals surface area contributed by atoms with Crippen molar-refractivity contribution >= 4 is 5.97 Å². The summed E-state index contributed by atoms with van der Waals surface area (Å²) in [6.07, 6.45) is 1.08. The van der Waals surface area contributed by atoms with Crippen LogP contribution < -0.4 is 14.2 Å². The van der Waals surface area contributed by atoms with Crippen LogP contribution in [-0.4, -0.2) is 47.5 Å². The third-order valence-electron chi connectivity index (χ3n) is 6.65. The van der Waals surface area contributed by atoms with Gasteiger partial charge in [-0.25, -0.2) is 9.78 Å². The molecule has 0 aliphatic rings. The molecule has 0 saturated heterocycles. The van der Waals surface area contributed by atoms with Crippen LogP contribution in [0.25, 0.3) is 0 Å². The predicted molar refractivity (Wildman–Crippen MR) is 156 cm³/mol. The first-order valence-electron chi connectivity index (χ1n) is 13.7. The Kier molecular flexibility index (Phi) is 10.3. The van der Waals surface area contributed by atoms with Crippen LogP contribution in [0.1, 0.15) is 42.1 Å². The van der Waals surface area contributed by atoms with E-state index >= 15 is 0 Å². The molecule has 41 heavy (non-hydrogen) atoms. The number of carboxylic acid groups (broad SMARTS) is 1. The third kappa shape index (κ3) is 7.41. The Hall–Kier alpha value is -4.43. The van der Waals surface area contributed by atoms with Crippen LogP contribution in [0.4, 0.5) is 0 Å². The summed E-state index contributed by atoms with van der Waals surface area (Å²) >= 11 is 0. The molecule has 4 rings (SSSR count). The van der Waals surface area contributed by atoms with Crippen molar-refractivity contribution in [1.82, 2.24) is 9.97 Å². The first kappa shape index (κ1) is 29.6. The van der Waals surface area contributed by atoms with Crippen LogP contribution in [-0.2, 0) is 21.6 Å². The van der Waals surface area contributed by atoms with Gasteiger partial charge in [-0.1, -0.05) is 86.1 Å². The molecule has 0 bridgehead atoms. The van der Waals surface area contributed by atoms with E-state index < -0.39 is 17.7 Å². The van der Waals surface area contributed by atoms with Gasteiger partial charge in [-0.2, -0.15) is 4.98 Å². The Bertz CT molecular complexity index is 1340. The van der Waals surface area contributed by atoms with Crippen LogP contribution in [0.2, 0.25) is 0 Å². The number of rotatable bonds is 15. The van der Waals surface area contributed by atoms with E-state index in [1.165, 1.54) is 7.11 Å². The number of hydrogen-bond donors (Lipinski definition) is 1. The molecule has 1 aromatic heterocycles. The minimum atomic E-state index is -1.53. The molecule has 4 aromatic rings. The van der Waals surface area contributed by atoms with Crippen molar-refractivity contribution in [1.29, 1.82) is 0 Å². The zero-order valence-electron chi connectivity index (χ0n) is 23.7. The van der Waals surface area contributed by atoms with Crippen molar-refractivity contribution in [2.75, 3.05) is 20.3 Å². The smallest absolute Gasteiger partial charge is 0.348 e. The van der Waals surface area contributed by atoms with Crippen LogP contribution in [0.3, 0.4) is 0 Å². The van der Waals surface area contributed by atoms with E-state index in [4.69, 9.17) is 18.9 Å². The minimum Gasteiger partial charge on any atom is -0.494 e. The molecule has 0 radical (unpaired) electrons. The SMILES string of the molecule is CCCCOc1ccc(CCOC(c2ccccc2)(c2ccccc2)C(Oc2nc(C)cc(OC)n2)C(=O)O)cc1. The van der Waals surface area contributed by atoms with E-state index in [1.807, 2.05) is 84.9 Å². The van der Waals surface area contributed by atoms with Gasteiger partial charge in [0.25, 0.3) is 0 Å². The van der Waals surface area contributed by atoms with Crippen molar-refractivity contribution in [2.45, 2.75) is 44.8 Å². The van der Waals surface area contributed by atoms with Gasteiger partial charge in [0.2, 0.25) is 12.0 Å². The van der Waals surface area contributed by atoms with Gasteiger partial charge in [0, 0.05) is 11.8 Å². The maximum Gasteiger partial charge on any atom is 0.348 e. The van der Waals surface area contributed by atoms with Gasteiger partial charge in [0.1, 0.15) is 5.75 Å². The number of methoxy groups -OCH3 is 1. The molecule has 8 heteroatoms. The maximum atomic E-state index is 13.0. The number of carbonyl (C=O) groups is 1. The molecule has 0 aliphatic carbocycles. The van der Waals surface area contributed by atoms with Crippen molar-refractivity contribution < 1.29 is 28.8 Å². The molecule has 0 aliphatic heterocycles. The fraction of sp³-hybridized carbons (Fsp3) is 0.303. The summed E-state index contributed by atoms with van der Waals surface area (Å²) in [6, 6.07) is 27.9. The lowest BCUT2D eigenvalue weighted by Gasteiger charge is -2.39. The van der Waals surface area contributed by atoms with Crippen LogP contribution >= 0.6 is 0 Å². The number of unbranched alkanes of at least 4 members (excludes halogenated alkanes) is 1. The molecular weight excluding hydrogens is 520 g/mol. The second-order valence-electron chi connectivity index (χ2n) is 9.58. The van der Waals surface area contributed by atoms with Crippen molar-refractivity contribution in [3.63, 3.8) is 0 Å². The molecule has 0 fully saturated rings. The van der Waals surface area contributed by atoms with E-state index in [-0.39, 0.29) is 18.5 Å². The second-order valence-corrected chi connectivity index (χ2v) is 9.58. The summed E-state index contributed by atoms with van der Waals surface area (Å²) in [6.45, 7) is 4.78. The van der Waals surface area contributed by atoms with Crippen LogP contribution in [0.5, 0.6) is 17.6 Å². The van der Waals surface area contributed by atoms with Gasteiger partial charge < -0.3 is 24.1 Å². The molecule has 1 heterocycles. The quantitative estimate of drug-likeness (QED) is 0.178. The Morgan fingerprint density at radius 2 is 1.54 bits per heavy atom. The summed E-state index contributed by atoms with van der Waals surface area (Å²) in [7, 11) is 1.48. The predicted octanol–water partition coefficient (Wildman–Crippen LogP) is 6.01. The molecule has 214 valence electrons. The standard InChI is InChI=1S/C33H36N2O6/c1-4-5-21-39-28-18-16-25(17-19-28)20-22-40-33(26-12-8-6-9-13-26,27-14-10-7-11-15-27)30(31(36)37)41-32-34-24(2)23-29(35-32)38-3/h6-19,23,30H,4-5,20-22H2,1-3H3,(H,36,37). The summed E-state index contributed by atoms with van der Waals surface area (Å²) < 4.78 is 23.8. The van der Waals surface area contributed by atoms with Gasteiger partial charge >= 0.3 is 12.0 Å². The number of aryl methyl sites for hydroxylation is 1. The Morgan fingerprint density at radius 3 is 2.10 bits per heavy atom. The number of nitrogens with zero attached hydrogens (tertiary/aromatic N) is 2. The van der Waals surface area contributed by atoms with Crippen molar-refractivity contribution in [2.24, 2.45) is 0 Å². The molecule has 1 atom stereocenters. The third-order valence-corrected chi connectivity index (χ3v) is 6.65. The average molecular weight is 557 g/mol. The molecule has 0 amide bonds. The molecule has 1 N–H and O–H groups in total.